The number of aryl methyl sites for hydroxylation is 2. The highest BCUT2D eigenvalue weighted by molar-refractivity contribution is 5.24. The topological polar surface area (TPSA) is 60.2 Å². The molecule has 1 aromatic rings. The fraction of sp³-hybridized carbons (Fsp3) is 0.615. The Morgan fingerprint density at radius 1 is 1.35 bits per heavy atom. The summed E-state index contributed by atoms with van der Waals surface area (Å²) in [4.78, 5) is 4.38. The second-order valence-corrected chi connectivity index (χ2v) is 4.59. The quantitative estimate of drug-likeness (QED) is 0.586. The maximum atomic E-state index is 5.67. The van der Waals surface area contributed by atoms with E-state index in [4.69, 9.17) is 10.6 Å². The number of pyridine rings is 1. The van der Waals surface area contributed by atoms with Crippen LogP contribution in [0.4, 0.5) is 0 Å². The predicted molar refractivity (Wildman–Crippen MR) is 69.4 cm³/mol. The van der Waals surface area contributed by atoms with Gasteiger partial charge in [-0.3, -0.25) is 16.3 Å². The van der Waals surface area contributed by atoms with Gasteiger partial charge in [0.05, 0.1) is 0 Å². The number of nitrogens with two attached hydrogens (primary N) is 1. The molecule has 17 heavy (non-hydrogen) atoms. The van der Waals surface area contributed by atoms with E-state index in [0.717, 1.165) is 24.4 Å². The van der Waals surface area contributed by atoms with E-state index >= 15 is 0 Å². The molecule has 2 atom stereocenters. The molecule has 0 radical (unpaired) electrons. The fourth-order valence-electron chi connectivity index (χ4n) is 2.11. The number of hydrazine groups is 1. The van der Waals surface area contributed by atoms with E-state index in [1.807, 2.05) is 13.8 Å². The third-order valence-corrected chi connectivity index (χ3v) is 2.99. The molecular weight excluding hydrogens is 214 g/mol. The lowest BCUT2D eigenvalue weighted by Gasteiger charge is -2.24. The first-order valence-corrected chi connectivity index (χ1v) is 5.98. The van der Waals surface area contributed by atoms with Crippen LogP contribution in [-0.2, 0) is 4.74 Å². The lowest BCUT2D eigenvalue weighted by atomic mass is 9.92. The van der Waals surface area contributed by atoms with Crippen molar-refractivity contribution in [3.63, 3.8) is 0 Å². The lowest BCUT2D eigenvalue weighted by molar-refractivity contribution is 0.170. The number of aromatic nitrogens is 1. The van der Waals surface area contributed by atoms with Crippen LogP contribution in [0.1, 0.15) is 36.3 Å². The molecule has 3 N–H and O–H groups in total. The number of hydrogen-bond donors (Lipinski definition) is 2. The number of ether oxygens (including phenoxy) is 1. The standard InChI is InChI=1S/C13H23N3O/c1-9(5-6-17-4)13(16-14)12-7-10(2)15-11(3)8-12/h7-9,13,16H,5-6,14H2,1-4H3. The van der Waals surface area contributed by atoms with Crippen molar-refractivity contribution >= 4 is 0 Å². The van der Waals surface area contributed by atoms with Crippen molar-refractivity contribution in [1.82, 2.24) is 10.4 Å². The molecule has 4 nitrogen and oxygen atoms in total. The number of methoxy groups -OCH3 is 1. The van der Waals surface area contributed by atoms with Crippen LogP contribution < -0.4 is 11.3 Å². The fourth-order valence-corrected chi connectivity index (χ4v) is 2.11. The van der Waals surface area contributed by atoms with Crippen LogP contribution in [0.5, 0.6) is 0 Å². The molecule has 0 spiro atoms. The van der Waals surface area contributed by atoms with Gasteiger partial charge in [-0.05, 0) is 43.9 Å². The predicted octanol–water partition coefficient (Wildman–Crippen LogP) is 1.88. The first kappa shape index (κ1) is 14.1. The van der Waals surface area contributed by atoms with Gasteiger partial charge in [-0.2, -0.15) is 0 Å². The molecular formula is C13H23N3O. The van der Waals surface area contributed by atoms with E-state index in [-0.39, 0.29) is 6.04 Å². The molecule has 0 fully saturated rings. The first-order chi connectivity index (χ1) is 8.08. The Morgan fingerprint density at radius 3 is 2.41 bits per heavy atom. The van der Waals surface area contributed by atoms with Gasteiger partial charge < -0.3 is 4.74 Å². The second-order valence-electron chi connectivity index (χ2n) is 4.59. The van der Waals surface area contributed by atoms with E-state index in [1.54, 1.807) is 7.11 Å². The minimum atomic E-state index is 0.144. The highest BCUT2D eigenvalue weighted by atomic mass is 16.5. The van der Waals surface area contributed by atoms with Crippen LogP contribution in [-0.4, -0.2) is 18.7 Å². The van der Waals surface area contributed by atoms with E-state index in [1.165, 1.54) is 5.56 Å². The van der Waals surface area contributed by atoms with Crippen molar-refractivity contribution in [2.75, 3.05) is 13.7 Å². The Kier molecular flexibility index (Phi) is 5.55. The van der Waals surface area contributed by atoms with Crippen molar-refractivity contribution in [3.05, 3.63) is 29.1 Å². The zero-order chi connectivity index (χ0) is 12.8. The summed E-state index contributed by atoms with van der Waals surface area (Å²) in [5.41, 5.74) is 6.15. The molecule has 0 amide bonds. The molecule has 0 aliphatic rings. The number of hydrogen-bond acceptors (Lipinski definition) is 4. The third-order valence-electron chi connectivity index (χ3n) is 2.99. The zero-order valence-electron chi connectivity index (χ0n) is 11.2. The van der Waals surface area contributed by atoms with Gasteiger partial charge >= 0.3 is 0 Å². The molecule has 0 aliphatic carbocycles. The molecule has 4 heteroatoms. The summed E-state index contributed by atoms with van der Waals surface area (Å²) in [6, 6.07) is 4.31. The van der Waals surface area contributed by atoms with Crippen molar-refractivity contribution in [3.8, 4) is 0 Å². The molecule has 1 aromatic heterocycles. The Balaban J connectivity index is 2.84. The van der Waals surface area contributed by atoms with Crippen LogP contribution in [0, 0.1) is 19.8 Å². The van der Waals surface area contributed by atoms with E-state index in [2.05, 4.69) is 29.5 Å². The van der Waals surface area contributed by atoms with Gasteiger partial charge in [0.1, 0.15) is 0 Å². The highest BCUT2D eigenvalue weighted by Gasteiger charge is 2.18. The maximum Gasteiger partial charge on any atom is 0.0487 e. The third kappa shape index (κ3) is 4.07. The first-order valence-electron chi connectivity index (χ1n) is 5.98. The van der Waals surface area contributed by atoms with Crippen molar-refractivity contribution < 1.29 is 4.74 Å². The van der Waals surface area contributed by atoms with E-state index < -0.39 is 0 Å². The van der Waals surface area contributed by atoms with E-state index in [9.17, 15) is 0 Å². The summed E-state index contributed by atoms with van der Waals surface area (Å²) < 4.78 is 5.11. The van der Waals surface area contributed by atoms with Crippen molar-refractivity contribution in [1.29, 1.82) is 0 Å². The summed E-state index contributed by atoms with van der Waals surface area (Å²) in [5, 5.41) is 0. The van der Waals surface area contributed by atoms with Crippen LogP contribution >= 0.6 is 0 Å². The van der Waals surface area contributed by atoms with Gasteiger partial charge in [0.25, 0.3) is 0 Å². The van der Waals surface area contributed by atoms with Gasteiger partial charge in [-0.1, -0.05) is 6.92 Å². The van der Waals surface area contributed by atoms with Gasteiger partial charge in [-0.15, -0.1) is 0 Å². The number of nitrogens with one attached hydrogen (secondary N) is 1. The second kappa shape index (κ2) is 6.69. The van der Waals surface area contributed by atoms with Crippen LogP contribution in [0.25, 0.3) is 0 Å². The lowest BCUT2D eigenvalue weighted by Crippen LogP contribution is -2.33. The summed E-state index contributed by atoms with van der Waals surface area (Å²) in [6.45, 7) is 6.94. The summed E-state index contributed by atoms with van der Waals surface area (Å²) in [6.07, 6.45) is 0.978. The Morgan fingerprint density at radius 2 is 1.94 bits per heavy atom. The van der Waals surface area contributed by atoms with Crippen LogP contribution in [0.3, 0.4) is 0 Å². The molecule has 0 bridgehead atoms. The Bertz CT molecular complexity index is 334. The largest absolute Gasteiger partial charge is 0.385 e. The SMILES string of the molecule is COCCC(C)C(NN)c1cc(C)nc(C)c1. The summed E-state index contributed by atoms with van der Waals surface area (Å²) >= 11 is 0. The molecule has 0 aliphatic heterocycles. The average Bonchev–Trinajstić information content (AvgIpc) is 2.26. The Labute approximate surface area is 104 Å². The van der Waals surface area contributed by atoms with Gasteiger partial charge in [-0.25, -0.2) is 0 Å². The smallest absolute Gasteiger partial charge is 0.0487 e. The van der Waals surface area contributed by atoms with Crippen molar-refractivity contribution in [2.24, 2.45) is 11.8 Å². The molecule has 0 aromatic carbocycles. The van der Waals surface area contributed by atoms with Gasteiger partial charge in [0.2, 0.25) is 0 Å². The zero-order valence-corrected chi connectivity index (χ0v) is 11.2. The molecule has 2 unspecified atom stereocenters. The molecule has 1 rings (SSSR count). The molecule has 1 heterocycles. The van der Waals surface area contributed by atoms with Crippen LogP contribution in [0.15, 0.2) is 12.1 Å². The monoisotopic (exact) mass is 237 g/mol. The highest BCUT2D eigenvalue weighted by Crippen LogP contribution is 2.24. The number of nitrogens with zero attached hydrogens (tertiary/aromatic N) is 1. The normalized spacial score (nSPS) is 14.6. The maximum absolute atomic E-state index is 5.67. The Hall–Kier alpha value is -0.970. The number of rotatable bonds is 6. The average molecular weight is 237 g/mol. The van der Waals surface area contributed by atoms with E-state index in [0.29, 0.717) is 5.92 Å². The van der Waals surface area contributed by atoms with Gasteiger partial charge in [0, 0.05) is 31.1 Å². The van der Waals surface area contributed by atoms with Crippen LogP contribution in [0.2, 0.25) is 0 Å². The molecule has 0 saturated heterocycles. The summed E-state index contributed by atoms with van der Waals surface area (Å²) in [5.74, 6) is 6.08. The minimum Gasteiger partial charge on any atom is -0.385 e. The van der Waals surface area contributed by atoms with Gasteiger partial charge in [0.15, 0.2) is 0 Å². The summed E-state index contributed by atoms with van der Waals surface area (Å²) in [7, 11) is 1.72. The molecule has 96 valence electrons. The van der Waals surface area contributed by atoms with Crippen molar-refractivity contribution in [2.45, 2.75) is 33.2 Å². The minimum absolute atomic E-state index is 0.144. The molecule has 0 saturated carbocycles.